The maximum atomic E-state index is 5.94. The molecule has 0 spiro atoms. The van der Waals surface area contributed by atoms with E-state index in [9.17, 15) is 0 Å². The van der Waals surface area contributed by atoms with E-state index in [1.54, 1.807) is 0 Å². The van der Waals surface area contributed by atoms with Crippen molar-refractivity contribution in [2.24, 2.45) is 5.92 Å². The van der Waals surface area contributed by atoms with Crippen molar-refractivity contribution >= 4 is 11.6 Å². The molecule has 1 aliphatic carbocycles. The van der Waals surface area contributed by atoms with Gasteiger partial charge in [-0.25, -0.2) is 0 Å². The molecule has 1 saturated carbocycles. The predicted octanol–water partition coefficient (Wildman–Crippen LogP) is 3.72. The van der Waals surface area contributed by atoms with Crippen molar-refractivity contribution in [1.82, 2.24) is 14.8 Å². The Balaban J connectivity index is 2.22. The number of nitrogens with zero attached hydrogens (tertiary/aromatic N) is 3. The molecule has 17 heavy (non-hydrogen) atoms. The molecular formula is C13H22ClN3. The third-order valence-corrected chi connectivity index (χ3v) is 3.73. The molecule has 0 saturated heterocycles. The number of halogens is 1. The number of aromatic nitrogens is 3. The van der Waals surface area contributed by atoms with Crippen LogP contribution in [0.1, 0.15) is 63.5 Å². The molecule has 1 aliphatic rings. The van der Waals surface area contributed by atoms with Gasteiger partial charge in [0, 0.05) is 12.5 Å². The summed E-state index contributed by atoms with van der Waals surface area (Å²) in [5.41, 5.74) is 0. The van der Waals surface area contributed by atoms with E-state index in [0.29, 0.717) is 17.7 Å². The zero-order valence-electron chi connectivity index (χ0n) is 10.8. The van der Waals surface area contributed by atoms with Crippen LogP contribution in [0.3, 0.4) is 0 Å². The molecule has 3 nitrogen and oxygen atoms in total. The van der Waals surface area contributed by atoms with Gasteiger partial charge in [0.25, 0.3) is 0 Å². The Hall–Kier alpha value is -0.570. The molecule has 0 aliphatic heterocycles. The van der Waals surface area contributed by atoms with Gasteiger partial charge < -0.3 is 4.57 Å². The maximum absolute atomic E-state index is 5.94. The lowest BCUT2D eigenvalue weighted by molar-refractivity contribution is 0.400. The first-order chi connectivity index (χ1) is 8.22. The average Bonchev–Trinajstić information content (AvgIpc) is 2.72. The second kappa shape index (κ2) is 5.85. The SMILES string of the molecule is CC(C)Cn1c(CCl)nnc1C1CCCCC1. The number of alkyl halides is 1. The normalized spacial score (nSPS) is 17.9. The largest absolute Gasteiger partial charge is 0.313 e. The molecular weight excluding hydrogens is 234 g/mol. The fourth-order valence-corrected chi connectivity index (χ4v) is 2.87. The van der Waals surface area contributed by atoms with Gasteiger partial charge in [-0.05, 0) is 18.8 Å². The van der Waals surface area contributed by atoms with E-state index < -0.39 is 0 Å². The fraction of sp³-hybridized carbons (Fsp3) is 0.846. The maximum Gasteiger partial charge on any atom is 0.147 e. The molecule has 0 radical (unpaired) electrons. The third-order valence-electron chi connectivity index (χ3n) is 3.49. The predicted molar refractivity (Wildman–Crippen MR) is 70.2 cm³/mol. The van der Waals surface area contributed by atoms with E-state index in [-0.39, 0.29) is 0 Å². The molecule has 1 heterocycles. The molecule has 1 aromatic heterocycles. The summed E-state index contributed by atoms with van der Waals surface area (Å²) in [6.07, 6.45) is 6.55. The van der Waals surface area contributed by atoms with Crippen LogP contribution in [-0.2, 0) is 12.4 Å². The molecule has 0 N–H and O–H groups in total. The smallest absolute Gasteiger partial charge is 0.147 e. The van der Waals surface area contributed by atoms with Crippen LogP contribution in [0.25, 0.3) is 0 Å². The summed E-state index contributed by atoms with van der Waals surface area (Å²) in [5.74, 6) is 3.78. The van der Waals surface area contributed by atoms with Crippen LogP contribution in [0.4, 0.5) is 0 Å². The zero-order valence-corrected chi connectivity index (χ0v) is 11.6. The summed E-state index contributed by atoms with van der Waals surface area (Å²) in [6.45, 7) is 5.44. The number of rotatable bonds is 4. The molecule has 2 rings (SSSR count). The first-order valence-corrected chi connectivity index (χ1v) is 7.23. The first-order valence-electron chi connectivity index (χ1n) is 6.70. The summed E-state index contributed by atoms with van der Waals surface area (Å²) in [5, 5.41) is 8.64. The molecule has 0 atom stereocenters. The second-order valence-corrected chi connectivity index (χ2v) is 5.71. The van der Waals surface area contributed by atoms with Crippen LogP contribution in [0.2, 0.25) is 0 Å². The van der Waals surface area contributed by atoms with Crippen LogP contribution < -0.4 is 0 Å². The highest BCUT2D eigenvalue weighted by Crippen LogP contribution is 2.32. The van der Waals surface area contributed by atoms with E-state index in [1.165, 1.54) is 37.9 Å². The Morgan fingerprint density at radius 1 is 1.24 bits per heavy atom. The van der Waals surface area contributed by atoms with Gasteiger partial charge in [0.2, 0.25) is 0 Å². The summed E-state index contributed by atoms with van der Waals surface area (Å²) in [4.78, 5) is 0. The minimum atomic E-state index is 0.465. The van der Waals surface area contributed by atoms with E-state index in [4.69, 9.17) is 11.6 Å². The summed E-state index contributed by atoms with van der Waals surface area (Å²) in [6, 6.07) is 0. The number of hydrogen-bond donors (Lipinski definition) is 0. The van der Waals surface area contributed by atoms with Crippen LogP contribution in [-0.4, -0.2) is 14.8 Å². The van der Waals surface area contributed by atoms with Gasteiger partial charge in [-0.1, -0.05) is 33.1 Å². The van der Waals surface area contributed by atoms with Crippen LogP contribution in [0.5, 0.6) is 0 Å². The molecule has 0 amide bonds. The van der Waals surface area contributed by atoms with Gasteiger partial charge >= 0.3 is 0 Å². The molecule has 1 fully saturated rings. The van der Waals surface area contributed by atoms with Crippen molar-refractivity contribution in [2.45, 2.75) is 64.3 Å². The highest BCUT2D eigenvalue weighted by atomic mass is 35.5. The van der Waals surface area contributed by atoms with Crippen LogP contribution in [0, 0.1) is 5.92 Å². The van der Waals surface area contributed by atoms with Gasteiger partial charge in [-0.15, -0.1) is 21.8 Å². The molecule has 0 unspecified atom stereocenters. The van der Waals surface area contributed by atoms with Gasteiger partial charge in [0.1, 0.15) is 11.6 Å². The minimum absolute atomic E-state index is 0.465. The average molecular weight is 256 g/mol. The summed E-state index contributed by atoms with van der Waals surface area (Å²) in [7, 11) is 0. The number of hydrogen-bond acceptors (Lipinski definition) is 2. The molecule has 4 heteroatoms. The minimum Gasteiger partial charge on any atom is -0.313 e. The Morgan fingerprint density at radius 2 is 1.94 bits per heavy atom. The van der Waals surface area contributed by atoms with E-state index >= 15 is 0 Å². The Bertz CT molecular complexity index is 354. The summed E-state index contributed by atoms with van der Waals surface area (Å²) >= 11 is 5.94. The summed E-state index contributed by atoms with van der Waals surface area (Å²) < 4.78 is 2.26. The van der Waals surface area contributed by atoms with E-state index in [2.05, 4.69) is 28.6 Å². The quantitative estimate of drug-likeness (QED) is 0.768. The van der Waals surface area contributed by atoms with Crippen LogP contribution >= 0.6 is 11.6 Å². The lowest BCUT2D eigenvalue weighted by atomic mass is 9.88. The van der Waals surface area contributed by atoms with Crippen molar-refractivity contribution in [2.75, 3.05) is 0 Å². The van der Waals surface area contributed by atoms with Gasteiger partial charge in [0.15, 0.2) is 0 Å². The lowest BCUT2D eigenvalue weighted by Gasteiger charge is -2.22. The molecule has 1 aromatic rings. The van der Waals surface area contributed by atoms with Gasteiger partial charge in [-0.3, -0.25) is 0 Å². The van der Waals surface area contributed by atoms with Gasteiger partial charge in [-0.2, -0.15) is 0 Å². The monoisotopic (exact) mass is 255 g/mol. The highest BCUT2D eigenvalue weighted by Gasteiger charge is 2.23. The molecule has 96 valence electrons. The topological polar surface area (TPSA) is 30.7 Å². The highest BCUT2D eigenvalue weighted by molar-refractivity contribution is 6.16. The van der Waals surface area contributed by atoms with Crippen molar-refractivity contribution in [1.29, 1.82) is 0 Å². The first kappa shape index (κ1) is 12.9. The van der Waals surface area contributed by atoms with Crippen molar-refractivity contribution < 1.29 is 0 Å². The zero-order chi connectivity index (χ0) is 12.3. The Morgan fingerprint density at radius 3 is 2.53 bits per heavy atom. The Labute approximate surface area is 109 Å². The van der Waals surface area contributed by atoms with Crippen molar-refractivity contribution in [3.63, 3.8) is 0 Å². The fourth-order valence-electron chi connectivity index (χ4n) is 2.67. The third kappa shape index (κ3) is 3.01. The van der Waals surface area contributed by atoms with Crippen molar-refractivity contribution in [3.8, 4) is 0 Å². The van der Waals surface area contributed by atoms with Gasteiger partial charge in [0.05, 0.1) is 5.88 Å². The van der Waals surface area contributed by atoms with E-state index in [0.717, 1.165) is 12.4 Å². The standard InChI is InChI=1S/C13H22ClN3/c1-10(2)9-17-12(8-14)15-16-13(17)11-6-4-3-5-7-11/h10-11H,3-9H2,1-2H3. The second-order valence-electron chi connectivity index (χ2n) is 5.45. The van der Waals surface area contributed by atoms with E-state index in [1.807, 2.05) is 0 Å². The molecule has 0 aromatic carbocycles. The Kier molecular flexibility index (Phi) is 4.43. The lowest BCUT2D eigenvalue weighted by Crippen LogP contribution is -2.16. The van der Waals surface area contributed by atoms with Crippen LogP contribution in [0.15, 0.2) is 0 Å². The van der Waals surface area contributed by atoms with Crippen molar-refractivity contribution in [3.05, 3.63) is 11.6 Å². The molecule has 0 bridgehead atoms.